The molecule has 0 aliphatic carbocycles. The lowest BCUT2D eigenvalue weighted by atomic mass is 10.1. The fourth-order valence-corrected chi connectivity index (χ4v) is 3.58. The van der Waals surface area contributed by atoms with Gasteiger partial charge in [0.1, 0.15) is 0 Å². The fraction of sp³-hybridized carbons (Fsp3) is 0.562. The van der Waals surface area contributed by atoms with Crippen LogP contribution in [0.3, 0.4) is 0 Å². The van der Waals surface area contributed by atoms with Crippen molar-refractivity contribution in [3.05, 3.63) is 35.4 Å². The molecule has 1 N–H and O–H groups in total. The van der Waals surface area contributed by atoms with Gasteiger partial charge in [-0.2, -0.15) is 0 Å². The normalized spacial score (nSPS) is 27.4. The summed E-state index contributed by atoms with van der Waals surface area (Å²) in [6, 6.07) is 8.74. The number of hydrogen-bond donors (Lipinski definition) is 1. The van der Waals surface area contributed by atoms with E-state index in [1.165, 1.54) is 19.3 Å². The molecule has 0 spiro atoms. The molecule has 2 fully saturated rings. The Balaban J connectivity index is 1.69. The van der Waals surface area contributed by atoms with Crippen LogP contribution in [0, 0.1) is 0 Å². The van der Waals surface area contributed by atoms with E-state index in [0.29, 0.717) is 11.6 Å². The van der Waals surface area contributed by atoms with E-state index in [0.717, 1.165) is 31.2 Å². The molecular formula is C16H22N2O2. The smallest absolute Gasteiger partial charge is 0.335 e. The summed E-state index contributed by atoms with van der Waals surface area (Å²) in [6.45, 7) is 3.07. The number of nitrogens with zero attached hydrogens (tertiary/aromatic N) is 2. The highest BCUT2D eigenvalue weighted by molar-refractivity contribution is 5.87. The molecular weight excluding hydrogens is 252 g/mol. The molecule has 4 nitrogen and oxygen atoms in total. The summed E-state index contributed by atoms with van der Waals surface area (Å²) < 4.78 is 0. The standard InChI is InChI=1S/C16H22N2O2/c1-17-14-5-6-15(17)11-18(8-7-14)10-12-3-2-4-13(9-12)16(19)20/h2-4,9,14-15H,5-8,10-11H2,1H3,(H,19,20)/t14-,15+/m0/s1. The first-order chi connectivity index (χ1) is 9.63. The van der Waals surface area contributed by atoms with Gasteiger partial charge in [-0.1, -0.05) is 12.1 Å². The van der Waals surface area contributed by atoms with E-state index in [9.17, 15) is 4.79 Å². The highest BCUT2D eigenvalue weighted by Crippen LogP contribution is 2.29. The number of aromatic carboxylic acids is 1. The summed E-state index contributed by atoms with van der Waals surface area (Å²) in [5, 5.41) is 9.06. The predicted octanol–water partition coefficient (Wildman–Crippen LogP) is 2.05. The third kappa shape index (κ3) is 2.72. The molecule has 2 aliphatic heterocycles. The molecule has 2 bridgehead atoms. The number of carbonyl (C=O) groups is 1. The van der Waals surface area contributed by atoms with Crippen LogP contribution in [0.25, 0.3) is 0 Å². The maximum Gasteiger partial charge on any atom is 0.335 e. The molecule has 0 aromatic heterocycles. The third-order valence-corrected chi connectivity index (χ3v) is 4.81. The second-order valence-corrected chi connectivity index (χ2v) is 6.08. The first-order valence-corrected chi connectivity index (χ1v) is 7.40. The van der Waals surface area contributed by atoms with Crippen molar-refractivity contribution in [3.8, 4) is 0 Å². The first kappa shape index (κ1) is 13.6. The van der Waals surface area contributed by atoms with Crippen LogP contribution < -0.4 is 0 Å². The van der Waals surface area contributed by atoms with Crippen molar-refractivity contribution in [3.63, 3.8) is 0 Å². The molecule has 2 saturated heterocycles. The average molecular weight is 274 g/mol. The van der Waals surface area contributed by atoms with Crippen LogP contribution in [0.1, 0.15) is 35.2 Å². The van der Waals surface area contributed by atoms with Gasteiger partial charge in [0.15, 0.2) is 0 Å². The van der Waals surface area contributed by atoms with E-state index in [1.807, 2.05) is 12.1 Å². The molecule has 108 valence electrons. The maximum atomic E-state index is 11.0. The summed E-state index contributed by atoms with van der Waals surface area (Å²) >= 11 is 0. The maximum absolute atomic E-state index is 11.0. The molecule has 2 aliphatic rings. The monoisotopic (exact) mass is 274 g/mol. The van der Waals surface area contributed by atoms with Crippen molar-refractivity contribution in [2.24, 2.45) is 0 Å². The van der Waals surface area contributed by atoms with E-state index >= 15 is 0 Å². The molecule has 2 atom stereocenters. The number of fused-ring (bicyclic) bond motifs is 2. The SMILES string of the molecule is CN1[C@H]2CC[C@@H]1CN(Cc1cccc(C(=O)O)c1)CC2. The molecule has 4 heteroatoms. The van der Waals surface area contributed by atoms with Gasteiger partial charge < -0.3 is 5.11 Å². The minimum atomic E-state index is -0.846. The molecule has 0 saturated carbocycles. The zero-order valence-electron chi connectivity index (χ0n) is 12.0. The number of carboxylic acids is 1. The number of hydrogen-bond acceptors (Lipinski definition) is 3. The Hall–Kier alpha value is -1.39. The minimum Gasteiger partial charge on any atom is -0.478 e. The van der Waals surface area contributed by atoms with Crippen molar-refractivity contribution in [1.29, 1.82) is 0 Å². The van der Waals surface area contributed by atoms with Gasteiger partial charge in [0.25, 0.3) is 0 Å². The summed E-state index contributed by atoms with van der Waals surface area (Å²) in [6.07, 6.45) is 3.86. The number of carboxylic acid groups (broad SMARTS) is 1. The van der Waals surface area contributed by atoms with Crippen LogP contribution in [0.2, 0.25) is 0 Å². The largest absolute Gasteiger partial charge is 0.478 e. The summed E-state index contributed by atoms with van der Waals surface area (Å²) in [5.74, 6) is -0.846. The highest BCUT2D eigenvalue weighted by atomic mass is 16.4. The van der Waals surface area contributed by atoms with Crippen molar-refractivity contribution < 1.29 is 9.90 Å². The minimum absolute atomic E-state index is 0.385. The van der Waals surface area contributed by atoms with Crippen molar-refractivity contribution in [1.82, 2.24) is 9.80 Å². The highest BCUT2D eigenvalue weighted by Gasteiger charge is 2.34. The van der Waals surface area contributed by atoms with Crippen molar-refractivity contribution >= 4 is 5.97 Å². The zero-order chi connectivity index (χ0) is 14.1. The average Bonchev–Trinajstić information content (AvgIpc) is 2.67. The second kappa shape index (κ2) is 5.54. The molecule has 2 heterocycles. The van der Waals surface area contributed by atoms with Crippen LogP contribution in [0.4, 0.5) is 0 Å². The molecule has 1 aromatic rings. The Labute approximate surface area is 120 Å². The fourth-order valence-electron chi connectivity index (χ4n) is 3.58. The quantitative estimate of drug-likeness (QED) is 0.916. The van der Waals surface area contributed by atoms with Crippen LogP contribution >= 0.6 is 0 Å². The Morgan fingerprint density at radius 2 is 2.10 bits per heavy atom. The molecule has 0 amide bonds. The first-order valence-electron chi connectivity index (χ1n) is 7.40. The number of likely N-dealkylation sites (N-methyl/N-ethyl adjacent to an activating group) is 1. The number of likely N-dealkylation sites (tertiary alicyclic amines) is 1. The molecule has 0 radical (unpaired) electrons. The van der Waals surface area contributed by atoms with Crippen LogP contribution in [-0.4, -0.2) is 53.1 Å². The third-order valence-electron chi connectivity index (χ3n) is 4.81. The molecule has 3 rings (SSSR count). The van der Waals surface area contributed by atoms with Gasteiger partial charge in [-0.3, -0.25) is 9.80 Å². The molecule has 1 aromatic carbocycles. The van der Waals surface area contributed by atoms with Crippen molar-refractivity contribution in [2.75, 3.05) is 20.1 Å². The Morgan fingerprint density at radius 1 is 1.30 bits per heavy atom. The summed E-state index contributed by atoms with van der Waals surface area (Å²) in [5.41, 5.74) is 1.49. The van der Waals surface area contributed by atoms with E-state index in [1.54, 1.807) is 12.1 Å². The van der Waals surface area contributed by atoms with Crippen LogP contribution in [0.15, 0.2) is 24.3 Å². The van der Waals surface area contributed by atoms with E-state index in [2.05, 4.69) is 16.8 Å². The van der Waals surface area contributed by atoms with E-state index < -0.39 is 5.97 Å². The van der Waals surface area contributed by atoms with Gasteiger partial charge in [0.05, 0.1) is 5.56 Å². The zero-order valence-corrected chi connectivity index (χ0v) is 12.0. The molecule has 20 heavy (non-hydrogen) atoms. The molecule has 0 unspecified atom stereocenters. The van der Waals surface area contributed by atoms with Gasteiger partial charge in [-0.05, 0) is 44.0 Å². The van der Waals surface area contributed by atoms with Crippen LogP contribution in [0.5, 0.6) is 0 Å². The number of rotatable bonds is 3. The Morgan fingerprint density at radius 3 is 2.90 bits per heavy atom. The Bertz CT molecular complexity index is 503. The lowest BCUT2D eigenvalue weighted by Crippen LogP contribution is -2.36. The van der Waals surface area contributed by atoms with E-state index in [4.69, 9.17) is 5.11 Å². The topological polar surface area (TPSA) is 43.8 Å². The number of benzene rings is 1. The van der Waals surface area contributed by atoms with E-state index in [-0.39, 0.29) is 0 Å². The van der Waals surface area contributed by atoms with Crippen LogP contribution in [-0.2, 0) is 6.54 Å². The summed E-state index contributed by atoms with van der Waals surface area (Å²) in [4.78, 5) is 16.0. The van der Waals surface area contributed by atoms with Gasteiger partial charge in [-0.15, -0.1) is 0 Å². The Kier molecular flexibility index (Phi) is 3.76. The van der Waals surface area contributed by atoms with Crippen molar-refractivity contribution in [2.45, 2.75) is 37.9 Å². The van der Waals surface area contributed by atoms with Gasteiger partial charge in [0, 0.05) is 31.7 Å². The van der Waals surface area contributed by atoms with Gasteiger partial charge in [0.2, 0.25) is 0 Å². The van der Waals surface area contributed by atoms with Gasteiger partial charge >= 0.3 is 5.97 Å². The predicted molar refractivity (Wildman–Crippen MR) is 77.9 cm³/mol. The summed E-state index contributed by atoms with van der Waals surface area (Å²) in [7, 11) is 2.25. The van der Waals surface area contributed by atoms with Gasteiger partial charge in [-0.25, -0.2) is 4.79 Å². The second-order valence-electron chi connectivity index (χ2n) is 6.08. The lowest BCUT2D eigenvalue weighted by Gasteiger charge is -2.25. The lowest BCUT2D eigenvalue weighted by molar-refractivity contribution is 0.0696.